The number of carbonyl (C=O) groups is 1. The Balaban J connectivity index is 3.24. The van der Waals surface area contributed by atoms with Gasteiger partial charge in [0.05, 0.1) is 9.82 Å². The van der Waals surface area contributed by atoms with Crippen molar-refractivity contribution in [1.82, 2.24) is 4.31 Å². The zero-order valence-electron chi connectivity index (χ0n) is 11.6. The van der Waals surface area contributed by atoms with Gasteiger partial charge in [-0.3, -0.25) is 14.9 Å². The minimum Gasteiger partial charge on any atom is -0.480 e. The average molecular weight is 316 g/mol. The fourth-order valence-corrected chi connectivity index (χ4v) is 3.39. The van der Waals surface area contributed by atoms with E-state index in [1.54, 1.807) is 6.92 Å². The first-order valence-electron chi connectivity index (χ1n) is 6.17. The number of aliphatic carboxylic acids is 1. The lowest BCUT2D eigenvalue weighted by Gasteiger charge is -2.19. The maximum Gasteiger partial charge on any atom is 0.318 e. The van der Waals surface area contributed by atoms with E-state index >= 15 is 0 Å². The van der Waals surface area contributed by atoms with Gasteiger partial charge in [0.25, 0.3) is 5.69 Å². The van der Waals surface area contributed by atoms with Crippen molar-refractivity contribution in [1.29, 1.82) is 0 Å². The highest BCUT2D eigenvalue weighted by molar-refractivity contribution is 7.89. The SMILES string of the molecule is CCCN(CC(=O)O)S(=O)(=O)c1ccc([N+](=O)[O-])c(C)c1. The Morgan fingerprint density at radius 2 is 2.05 bits per heavy atom. The van der Waals surface area contributed by atoms with E-state index < -0.39 is 27.5 Å². The maximum absolute atomic E-state index is 12.4. The van der Waals surface area contributed by atoms with Gasteiger partial charge in [-0.2, -0.15) is 4.31 Å². The van der Waals surface area contributed by atoms with E-state index in [9.17, 15) is 23.3 Å². The molecule has 0 spiro atoms. The van der Waals surface area contributed by atoms with E-state index in [0.29, 0.717) is 6.42 Å². The number of carboxylic acids is 1. The lowest BCUT2D eigenvalue weighted by Crippen LogP contribution is -2.36. The molecule has 0 aliphatic heterocycles. The molecular formula is C12H16N2O6S. The molecular weight excluding hydrogens is 300 g/mol. The number of nitrogens with zero attached hydrogens (tertiary/aromatic N) is 2. The van der Waals surface area contributed by atoms with Gasteiger partial charge in [-0.05, 0) is 25.5 Å². The van der Waals surface area contributed by atoms with Crippen LogP contribution < -0.4 is 0 Å². The third-order valence-corrected chi connectivity index (χ3v) is 4.63. The number of nitro groups is 1. The summed E-state index contributed by atoms with van der Waals surface area (Å²) in [5, 5.41) is 19.5. The standard InChI is InChI=1S/C12H16N2O6S/c1-3-6-13(8-12(15)16)21(19,20)10-4-5-11(14(17)18)9(2)7-10/h4-5,7H,3,6,8H2,1-2H3,(H,15,16). The summed E-state index contributed by atoms with van der Waals surface area (Å²) in [6.07, 6.45) is 0.457. The highest BCUT2D eigenvalue weighted by Gasteiger charge is 2.27. The van der Waals surface area contributed by atoms with Crippen molar-refractivity contribution in [3.63, 3.8) is 0 Å². The van der Waals surface area contributed by atoms with Crippen LogP contribution >= 0.6 is 0 Å². The molecule has 0 atom stereocenters. The number of rotatable bonds is 7. The van der Waals surface area contributed by atoms with E-state index in [-0.39, 0.29) is 22.7 Å². The van der Waals surface area contributed by atoms with Crippen molar-refractivity contribution in [3.8, 4) is 0 Å². The third-order valence-electron chi connectivity index (χ3n) is 2.79. The molecule has 0 saturated carbocycles. The molecule has 1 N–H and O–H groups in total. The van der Waals surface area contributed by atoms with E-state index in [2.05, 4.69) is 0 Å². The van der Waals surface area contributed by atoms with Crippen molar-refractivity contribution in [3.05, 3.63) is 33.9 Å². The Morgan fingerprint density at radius 1 is 1.43 bits per heavy atom. The zero-order chi connectivity index (χ0) is 16.2. The van der Waals surface area contributed by atoms with E-state index in [1.165, 1.54) is 13.0 Å². The summed E-state index contributed by atoms with van der Waals surface area (Å²) in [5.41, 5.74) is 0.0158. The maximum atomic E-state index is 12.4. The summed E-state index contributed by atoms with van der Waals surface area (Å²) in [4.78, 5) is 20.8. The Labute approximate surface area is 122 Å². The summed E-state index contributed by atoms with van der Waals surface area (Å²) < 4.78 is 25.6. The first-order valence-corrected chi connectivity index (χ1v) is 7.61. The smallest absolute Gasteiger partial charge is 0.318 e. The molecule has 0 aliphatic rings. The number of hydrogen-bond donors (Lipinski definition) is 1. The predicted molar refractivity (Wildman–Crippen MR) is 74.5 cm³/mol. The van der Waals surface area contributed by atoms with E-state index in [1.807, 2.05) is 0 Å². The predicted octanol–water partition coefficient (Wildman–Crippen LogP) is 1.39. The van der Waals surface area contributed by atoms with Crippen molar-refractivity contribution in [2.75, 3.05) is 13.1 Å². The van der Waals surface area contributed by atoms with Crippen LogP contribution in [0.4, 0.5) is 5.69 Å². The first kappa shape index (κ1) is 17.1. The molecule has 0 aliphatic carbocycles. The van der Waals surface area contributed by atoms with Gasteiger partial charge in [-0.15, -0.1) is 0 Å². The highest BCUT2D eigenvalue weighted by atomic mass is 32.2. The molecule has 1 aromatic rings. The van der Waals surface area contributed by atoms with Crippen molar-refractivity contribution >= 4 is 21.7 Å². The van der Waals surface area contributed by atoms with Crippen LogP contribution in [0.3, 0.4) is 0 Å². The minimum absolute atomic E-state index is 0.0602. The zero-order valence-corrected chi connectivity index (χ0v) is 12.5. The number of benzene rings is 1. The molecule has 0 amide bonds. The number of nitro benzene ring substituents is 1. The average Bonchev–Trinajstić information content (AvgIpc) is 2.37. The topological polar surface area (TPSA) is 118 Å². The summed E-state index contributed by atoms with van der Waals surface area (Å²) in [5.74, 6) is -1.26. The van der Waals surface area contributed by atoms with Gasteiger partial charge in [-0.25, -0.2) is 8.42 Å². The largest absolute Gasteiger partial charge is 0.480 e. The number of aryl methyl sites for hydroxylation is 1. The van der Waals surface area contributed by atoms with Crippen molar-refractivity contribution in [2.45, 2.75) is 25.2 Å². The second-order valence-electron chi connectivity index (χ2n) is 4.44. The fourth-order valence-electron chi connectivity index (χ4n) is 1.83. The van der Waals surface area contributed by atoms with Crippen molar-refractivity contribution < 1.29 is 23.2 Å². The molecule has 0 saturated heterocycles. The summed E-state index contributed by atoms with van der Waals surface area (Å²) in [6.45, 7) is 2.57. The molecule has 0 fully saturated rings. The highest BCUT2D eigenvalue weighted by Crippen LogP contribution is 2.23. The Hall–Kier alpha value is -2.00. The molecule has 1 rings (SSSR count). The van der Waals surface area contributed by atoms with Crippen LogP contribution in [-0.4, -0.2) is 41.8 Å². The van der Waals surface area contributed by atoms with Crippen LogP contribution in [-0.2, 0) is 14.8 Å². The Kier molecular flexibility index (Phi) is 5.39. The number of carboxylic acid groups (broad SMARTS) is 1. The normalized spacial score (nSPS) is 11.6. The summed E-state index contributed by atoms with van der Waals surface area (Å²) in [7, 11) is -3.99. The molecule has 116 valence electrons. The van der Waals surface area contributed by atoms with Gasteiger partial charge in [-0.1, -0.05) is 6.92 Å². The van der Waals surface area contributed by atoms with Gasteiger partial charge in [0.2, 0.25) is 10.0 Å². The molecule has 9 heteroatoms. The fraction of sp³-hybridized carbons (Fsp3) is 0.417. The van der Waals surface area contributed by atoms with Crippen LogP contribution in [0, 0.1) is 17.0 Å². The van der Waals surface area contributed by atoms with Crippen LogP contribution in [0.5, 0.6) is 0 Å². The van der Waals surface area contributed by atoms with Crippen LogP contribution in [0.1, 0.15) is 18.9 Å². The number of hydrogen-bond acceptors (Lipinski definition) is 5. The van der Waals surface area contributed by atoms with Gasteiger partial charge >= 0.3 is 5.97 Å². The molecule has 21 heavy (non-hydrogen) atoms. The molecule has 0 heterocycles. The molecule has 0 unspecified atom stereocenters. The quantitative estimate of drug-likeness (QED) is 0.600. The molecule has 1 aromatic carbocycles. The third kappa shape index (κ3) is 3.99. The Bertz CT molecular complexity index is 656. The van der Waals surface area contributed by atoms with E-state index in [0.717, 1.165) is 16.4 Å². The van der Waals surface area contributed by atoms with E-state index in [4.69, 9.17) is 5.11 Å². The second-order valence-corrected chi connectivity index (χ2v) is 6.38. The summed E-state index contributed by atoms with van der Waals surface area (Å²) in [6, 6.07) is 3.40. The van der Waals surface area contributed by atoms with Gasteiger partial charge < -0.3 is 5.11 Å². The van der Waals surface area contributed by atoms with Crippen LogP contribution in [0.25, 0.3) is 0 Å². The molecule has 0 radical (unpaired) electrons. The Morgan fingerprint density at radius 3 is 2.48 bits per heavy atom. The second kappa shape index (κ2) is 6.64. The summed E-state index contributed by atoms with van der Waals surface area (Å²) >= 11 is 0. The number of sulfonamides is 1. The minimum atomic E-state index is -3.99. The monoisotopic (exact) mass is 316 g/mol. The van der Waals surface area contributed by atoms with Crippen LogP contribution in [0.15, 0.2) is 23.1 Å². The first-order chi connectivity index (χ1) is 9.70. The van der Waals surface area contributed by atoms with Gasteiger partial charge in [0.15, 0.2) is 0 Å². The van der Waals surface area contributed by atoms with Crippen molar-refractivity contribution in [2.24, 2.45) is 0 Å². The van der Waals surface area contributed by atoms with Gasteiger partial charge in [0.1, 0.15) is 6.54 Å². The molecule has 0 aromatic heterocycles. The lowest BCUT2D eigenvalue weighted by atomic mass is 10.2. The molecule has 0 bridgehead atoms. The lowest BCUT2D eigenvalue weighted by molar-refractivity contribution is -0.385. The van der Waals surface area contributed by atoms with Gasteiger partial charge in [0, 0.05) is 18.2 Å². The van der Waals surface area contributed by atoms with Crippen LogP contribution in [0.2, 0.25) is 0 Å². The molecule has 8 nitrogen and oxygen atoms in total.